The Morgan fingerprint density at radius 1 is 1.50 bits per heavy atom. The van der Waals surface area contributed by atoms with Crippen LogP contribution >= 0.6 is 23.4 Å². The number of rotatable bonds is 3. The minimum atomic E-state index is 0.760. The molecule has 0 aliphatic carbocycles. The zero-order valence-corrected chi connectivity index (χ0v) is 8.58. The highest BCUT2D eigenvalue weighted by molar-refractivity contribution is 7.98. The van der Waals surface area contributed by atoms with Crippen molar-refractivity contribution >= 4 is 29.1 Å². The standard InChI is InChI=1S/C9H12ClNS/c1-2-12-6-7-5-8(10)3-4-9(7)11/h3-5H,2,6,11H2,1H3. The molecule has 0 fully saturated rings. The highest BCUT2D eigenvalue weighted by Crippen LogP contribution is 2.22. The molecule has 3 heteroatoms. The van der Waals surface area contributed by atoms with Crippen LogP contribution in [0.15, 0.2) is 18.2 Å². The Morgan fingerprint density at radius 3 is 2.92 bits per heavy atom. The van der Waals surface area contributed by atoms with Gasteiger partial charge in [0, 0.05) is 16.5 Å². The molecule has 2 N–H and O–H groups in total. The van der Waals surface area contributed by atoms with Gasteiger partial charge in [-0.3, -0.25) is 0 Å². The first kappa shape index (κ1) is 9.75. The van der Waals surface area contributed by atoms with Crippen molar-refractivity contribution in [3.63, 3.8) is 0 Å². The second-order valence-corrected chi connectivity index (χ2v) is 4.19. The summed E-state index contributed by atoms with van der Waals surface area (Å²) in [5, 5.41) is 0.760. The Morgan fingerprint density at radius 2 is 2.25 bits per heavy atom. The molecule has 0 bridgehead atoms. The molecule has 0 saturated carbocycles. The number of thioether (sulfide) groups is 1. The van der Waals surface area contributed by atoms with Crippen LogP contribution < -0.4 is 5.73 Å². The molecule has 1 nitrogen and oxygen atoms in total. The molecule has 1 aromatic carbocycles. The Kier molecular flexibility index (Phi) is 3.76. The maximum absolute atomic E-state index is 5.83. The van der Waals surface area contributed by atoms with Crippen LogP contribution in [-0.2, 0) is 5.75 Å². The third-order valence-electron chi connectivity index (χ3n) is 1.57. The second kappa shape index (κ2) is 4.63. The quantitative estimate of drug-likeness (QED) is 0.761. The van der Waals surface area contributed by atoms with E-state index in [-0.39, 0.29) is 0 Å². The van der Waals surface area contributed by atoms with E-state index in [4.69, 9.17) is 17.3 Å². The molecule has 0 saturated heterocycles. The van der Waals surface area contributed by atoms with Gasteiger partial charge < -0.3 is 5.73 Å². The number of benzene rings is 1. The normalized spacial score (nSPS) is 10.2. The van der Waals surface area contributed by atoms with Gasteiger partial charge in [0.1, 0.15) is 0 Å². The minimum Gasteiger partial charge on any atom is -0.398 e. The lowest BCUT2D eigenvalue weighted by atomic mass is 10.2. The molecular formula is C9H12ClNS. The molecule has 0 radical (unpaired) electrons. The summed E-state index contributed by atoms with van der Waals surface area (Å²) >= 11 is 7.68. The molecule has 0 aromatic heterocycles. The third kappa shape index (κ3) is 2.61. The fourth-order valence-electron chi connectivity index (χ4n) is 0.911. The lowest BCUT2D eigenvalue weighted by molar-refractivity contribution is 1.40. The van der Waals surface area contributed by atoms with Gasteiger partial charge in [-0.05, 0) is 29.5 Å². The molecule has 0 amide bonds. The van der Waals surface area contributed by atoms with Crippen molar-refractivity contribution in [2.75, 3.05) is 11.5 Å². The number of anilines is 1. The zero-order chi connectivity index (χ0) is 8.97. The molecule has 0 unspecified atom stereocenters. The summed E-state index contributed by atoms with van der Waals surface area (Å²) in [4.78, 5) is 0. The zero-order valence-electron chi connectivity index (χ0n) is 7.01. The van der Waals surface area contributed by atoms with Gasteiger partial charge >= 0.3 is 0 Å². The van der Waals surface area contributed by atoms with Crippen LogP contribution in [0.1, 0.15) is 12.5 Å². The third-order valence-corrected chi connectivity index (χ3v) is 2.73. The first-order chi connectivity index (χ1) is 5.74. The van der Waals surface area contributed by atoms with Crippen LogP contribution in [0, 0.1) is 0 Å². The molecule has 0 spiro atoms. The second-order valence-electron chi connectivity index (χ2n) is 2.48. The van der Waals surface area contributed by atoms with E-state index in [9.17, 15) is 0 Å². The SMILES string of the molecule is CCSCc1cc(Cl)ccc1N. The van der Waals surface area contributed by atoms with Crippen molar-refractivity contribution in [2.24, 2.45) is 0 Å². The molecule has 12 heavy (non-hydrogen) atoms. The lowest BCUT2D eigenvalue weighted by Crippen LogP contribution is -1.92. The Bertz CT molecular complexity index is 263. The van der Waals surface area contributed by atoms with Gasteiger partial charge in [0.05, 0.1) is 0 Å². The van der Waals surface area contributed by atoms with E-state index in [0.717, 1.165) is 27.8 Å². The minimum absolute atomic E-state index is 0.760. The maximum atomic E-state index is 5.83. The summed E-state index contributed by atoms with van der Waals surface area (Å²) in [6.45, 7) is 2.13. The van der Waals surface area contributed by atoms with Crippen LogP contribution in [0.3, 0.4) is 0 Å². The first-order valence-corrected chi connectivity index (χ1v) is 5.39. The van der Waals surface area contributed by atoms with Crippen molar-refractivity contribution in [3.05, 3.63) is 28.8 Å². The molecule has 0 heterocycles. The summed E-state index contributed by atoms with van der Waals surface area (Å²) < 4.78 is 0. The predicted octanol–water partition coefficient (Wildman–Crippen LogP) is 3.18. The van der Waals surface area contributed by atoms with Crippen molar-refractivity contribution in [1.29, 1.82) is 0 Å². The Balaban J connectivity index is 2.75. The van der Waals surface area contributed by atoms with Gasteiger partial charge in [0.2, 0.25) is 0 Å². The van der Waals surface area contributed by atoms with E-state index in [1.807, 2.05) is 30.0 Å². The average Bonchev–Trinajstić information content (AvgIpc) is 2.07. The Labute approximate surface area is 82.3 Å². The van der Waals surface area contributed by atoms with E-state index in [0.29, 0.717) is 0 Å². The van der Waals surface area contributed by atoms with Crippen LogP contribution in [-0.4, -0.2) is 5.75 Å². The lowest BCUT2D eigenvalue weighted by Gasteiger charge is -2.04. The molecular weight excluding hydrogens is 190 g/mol. The Hall–Kier alpha value is -0.340. The van der Waals surface area contributed by atoms with Gasteiger partial charge in [0.15, 0.2) is 0 Å². The first-order valence-electron chi connectivity index (χ1n) is 3.85. The van der Waals surface area contributed by atoms with E-state index >= 15 is 0 Å². The topological polar surface area (TPSA) is 26.0 Å². The number of hydrogen-bond acceptors (Lipinski definition) is 2. The van der Waals surface area contributed by atoms with Crippen molar-refractivity contribution in [1.82, 2.24) is 0 Å². The molecule has 1 aromatic rings. The summed E-state index contributed by atoms with van der Waals surface area (Å²) in [7, 11) is 0. The molecule has 0 aliphatic heterocycles. The van der Waals surface area contributed by atoms with E-state index in [1.54, 1.807) is 0 Å². The van der Waals surface area contributed by atoms with Gasteiger partial charge in [-0.15, -0.1) is 0 Å². The molecule has 0 aliphatic rings. The van der Waals surface area contributed by atoms with E-state index in [2.05, 4.69) is 6.92 Å². The van der Waals surface area contributed by atoms with Gasteiger partial charge in [-0.1, -0.05) is 18.5 Å². The summed E-state index contributed by atoms with van der Waals surface area (Å²) in [6.07, 6.45) is 0. The summed E-state index contributed by atoms with van der Waals surface area (Å²) in [6, 6.07) is 5.60. The maximum Gasteiger partial charge on any atom is 0.0410 e. The van der Waals surface area contributed by atoms with Crippen LogP contribution in [0.5, 0.6) is 0 Å². The summed E-state index contributed by atoms with van der Waals surface area (Å²) in [5.74, 6) is 2.05. The van der Waals surface area contributed by atoms with E-state index in [1.165, 1.54) is 0 Å². The molecule has 1 rings (SSSR count). The van der Waals surface area contributed by atoms with Crippen molar-refractivity contribution in [2.45, 2.75) is 12.7 Å². The van der Waals surface area contributed by atoms with Crippen LogP contribution in [0.2, 0.25) is 5.02 Å². The molecule has 0 atom stereocenters. The highest BCUT2D eigenvalue weighted by atomic mass is 35.5. The van der Waals surface area contributed by atoms with Crippen LogP contribution in [0.25, 0.3) is 0 Å². The van der Waals surface area contributed by atoms with Crippen molar-refractivity contribution in [3.8, 4) is 0 Å². The predicted molar refractivity (Wildman–Crippen MR) is 57.7 cm³/mol. The van der Waals surface area contributed by atoms with E-state index < -0.39 is 0 Å². The number of halogens is 1. The fraction of sp³-hybridized carbons (Fsp3) is 0.333. The van der Waals surface area contributed by atoms with Crippen LogP contribution in [0.4, 0.5) is 5.69 Å². The van der Waals surface area contributed by atoms with Crippen molar-refractivity contribution < 1.29 is 0 Å². The van der Waals surface area contributed by atoms with Gasteiger partial charge in [0.25, 0.3) is 0 Å². The smallest absolute Gasteiger partial charge is 0.0410 e. The fourth-order valence-corrected chi connectivity index (χ4v) is 1.78. The summed E-state index contributed by atoms with van der Waals surface area (Å²) in [5.41, 5.74) is 7.73. The largest absolute Gasteiger partial charge is 0.398 e. The number of hydrogen-bond donors (Lipinski definition) is 1. The van der Waals surface area contributed by atoms with Gasteiger partial charge in [-0.25, -0.2) is 0 Å². The van der Waals surface area contributed by atoms with Gasteiger partial charge in [-0.2, -0.15) is 11.8 Å². The monoisotopic (exact) mass is 201 g/mol. The highest BCUT2D eigenvalue weighted by Gasteiger charge is 1.98. The average molecular weight is 202 g/mol. The molecule has 66 valence electrons. The number of nitrogens with two attached hydrogens (primary N) is 1. The number of nitrogen functional groups attached to an aromatic ring is 1.